The van der Waals surface area contributed by atoms with Crippen LogP contribution in [0, 0.1) is 0 Å². The molecule has 0 atom stereocenters. The monoisotopic (exact) mass is 80.0 g/mol. The van der Waals surface area contributed by atoms with Gasteiger partial charge in [-0.15, -0.1) is 0 Å². The Kier molecular flexibility index (Phi) is 0.635. The minimum atomic E-state index is 0.106. The Morgan fingerprint density at radius 1 is 1.83 bits per heavy atom. The van der Waals surface area contributed by atoms with Gasteiger partial charge in [-0.2, -0.15) is 0 Å². The summed E-state index contributed by atoms with van der Waals surface area (Å²) < 4.78 is 4.25. The van der Waals surface area contributed by atoms with Crippen molar-refractivity contribution in [3.8, 4) is 0 Å². The molecular weight excluding hydrogens is 78.8 g/mol. The molecule has 2 radical (unpaired) electrons. The lowest BCUT2D eigenvalue weighted by molar-refractivity contribution is 0.445. The van der Waals surface area contributed by atoms with Gasteiger partial charge in [0.15, 0.2) is 12.1 Å². The van der Waals surface area contributed by atoms with E-state index < -0.39 is 0 Å². The topological polar surface area (TPSA) is 38.9 Å². The normalized spacial score (nSPS) is 8.67. The Bertz CT molecular complexity index is 115. The summed E-state index contributed by atoms with van der Waals surface area (Å²) in [5, 5.41) is 3.21. The maximum Gasteiger partial charge on any atom is 0.201 e. The van der Waals surface area contributed by atoms with Crippen molar-refractivity contribution in [2.45, 2.75) is 0 Å². The zero-order valence-electron chi connectivity index (χ0n) is 2.96. The molecule has 0 aliphatic rings. The maximum atomic E-state index is 4.94. The van der Waals surface area contributed by atoms with Gasteiger partial charge in [-0.05, 0) is 0 Å². The number of aromatic nitrogens is 2. The summed E-state index contributed by atoms with van der Waals surface area (Å²) in [7, 11) is 4.94. The second-order valence-corrected chi connectivity index (χ2v) is 0.780. The van der Waals surface area contributed by atoms with Gasteiger partial charge in [0.2, 0.25) is 7.85 Å². The number of rotatable bonds is 0. The SMILES string of the molecule is [B]c1ncno1. The van der Waals surface area contributed by atoms with E-state index in [4.69, 9.17) is 7.85 Å². The first-order valence-electron chi connectivity index (χ1n) is 1.42. The highest BCUT2D eigenvalue weighted by Gasteiger charge is 1.79. The fraction of sp³-hybridized carbons (Fsp3) is 0. The van der Waals surface area contributed by atoms with Crippen molar-refractivity contribution in [1.29, 1.82) is 0 Å². The van der Waals surface area contributed by atoms with Gasteiger partial charge in [0.25, 0.3) is 0 Å². The minimum absolute atomic E-state index is 0.106. The first-order valence-corrected chi connectivity index (χ1v) is 1.42. The van der Waals surface area contributed by atoms with Crippen molar-refractivity contribution in [2.75, 3.05) is 0 Å². The van der Waals surface area contributed by atoms with Gasteiger partial charge >= 0.3 is 0 Å². The molecule has 1 rings (SSSR count). The van der Waals surface area contributed by atoms with E-state index in [0.717, 1.165) is 0 Å². The van der Waals surface area contributed by atoms with Crippen LogP contribution in [0.1, 0.15) is 0 Å². The Hall–Kier alpha value is -0.795. The largest absolute Gasteiger partial charge is 0.353 e. The zero-order valence-corrected chi connectivity index (χ0v) is 2.96. The van der Waals surface area contributed by atoms with Crippen LogP contribution in [0.15, 0.2) is 10.9 Å². The third kappa shape index (κ3) is 0.405. The second-order valence-electron chi connectivity index (χ2n) is 0.780. The standard InChI is InChI=1S/C2HBN2O/c3-2-4-1-5-6-2/h1H. The molecule has 0 aromatic carbocycles. The van der Waals surface area contributed by atoms with Gasteiger partial charge in [0.1, 0.15) is 0 Å². The number of nitrogens with zero attached hydrogens (tertiary/aromatic N) is 2. The molecule has 28 valence electrons. The molecule has 1 aromatic heterocycles. The van der Waals surface area contributed by atoms with E-state index in [2.05, 4.69) is 14.7 Å². The molecule has 1 aromatic rings. The van der Waals surface area contributed by atoms with Crippen LogP contribution in [-0.2, 0) is 0 Å². The molecule has 0 N–H and O–H groups in total. The van der Waals surface area contributed by atoms with Crippen LogP contribution in [0.25, 0.3) is 0 Å². The molecule has 0 spiro atoms. The molecule has 0 fully saturated rings. The summed E-state index contributed by atoms with van der Waals surface area (Å²) in [6.07, 6.45) is 1.25. The van der Waals surface area contributed by atoms with Crippen molar-refractivity contribution in [3.63, 3.8) is 0 Å². The second kappa shape index (κ2) is 1.12. The number of hydrogen-bond acceptors (Lipinski definition) is 3. The summed E-state index contributed by atoms with van der Waals surface area (Å²) in [5.74, 6) is 0.106. The molecule has 0 aliphatic heterocycles. The van der Waals surface area contributed by atoms with Crippen LogP contribution >= 0.6 is 0 Å². The Balaban J connectivity index is 3.05. The van der Waals surface area contributed by atoms with Crippen LogP contribution in [0.2, 0.25) is 0 Å². The molecule has 0 bridgehead atoms. The molecular formula is C2HBN2O. The summed E-state index contributed by atoms with van der Waals surface area (Å²) in [6.45, 7) is 0. The third-order valence-electron chi connectivity index (χ3n) is 0.378. The molecule has 1 heterocycles. The Morgan fingerprint density at radius 2 is 2.67 bits per heavy atom. The Labute approximate surface area is 35.8 Å². The van der Waals surface area contributed by atoms with E-state index >= 15 is 0 Å². The van der Waals surface area contributed by atoms with Crippen LogP contribution in [0.3, 0.4) is 0 Å². The highest BCUT2D eigenvalue weighted by atomic mass is 16.5. The summed E-state index contributed by atoms with van der Waals surface area (Å²) in [4.78, 5) is 3.42. The highest BCUT2D eigenvalue weighted by molar-refractivity contribution is 6.27. The molecule has 4 heteroatoms. The van der Waals surface area contributed by atoms with Crippen LogP contribution in [-0.4, -0.2) is 18.0 Å². The van der Waals surface area contributed by atoms with Gasteiger partial charge in [0.05, 0.1) is 0 Å². The van der Waals surface area contributed by atoms with E-state index in [-0.39, 0.29) is 5.79 Å². The Morgan fingerprint density at radius 3 is 2.83 bits per heavy atom. The van der Waals surface area contributed by atoms with Crippen molar-refractivity contribution >= 4 is 13.6 Å². The van der Waals surface area contributed by atoms with Crippen molar-refractivity contribution in [3.05, 3.63) is 6.33 Å². The van der Waals surface area contributed by atoms with E-state index in [9.17, 15) is 0 Å². The van der Waals surface area contributed by atoms with Crippen LogP contribution < -0.4 is 5.79 Å². The molecule has 0 saturated heterocycles. The average molecular weight is 79.9 g/mol. The van der Waals surface area contributed by atoms with Gasteiger partial charge in [-0.1, -0.05) is 5.16 Å². The number of hydrogen-bond donors (Lipinski definition) is 0. The maximum absolute atomic E-state index is 4.94. The van der Waals surface area contributed by atoms with Gasteiger partial charge in [-0.25, -0.2) is 4.98 Å². The van der Waals surface area contributed by atoms with E-state index in [0.29, 0.717) is 0 Å². The van der Waals surface area contributed by atoms with E-state index in [1.54, 1.807) is 0 Å². The molecule has 0 aliphatic carbocycles. The molecule has 0 amide bonds. The van der Waals surface area contributed by atoms with Crippen molar-refractivity contribution in [1.82, 2.24) is 10.1 Å². The third-order valence-corrected chi connectivity index (χ3v) is 0.378. The first-order chi connectivity index (χ1) is 2.89. The van der Waals surface area contributed by atoms with Gasteiger partial charge in [0, 0.05) is 0 Å². The predicted molar refractivity (Wildman–Crippen MR) is 19.7 cm³/mol. The van der Waals surface area contributed by atoms with E-state index in [1.165, 1.54) is 6.33 Å². The summed E-state index contributed by atoms with van der Waals surface area (Å²) >= 11 is 0. The summed E-state index contributed by atoms with van der Waals surface area (Å²) in [6, 6.07) is 0. The lowest BCUT2D eigenvalue weighted by atomic mass is 10.2. The lowest BCUT2D eigenvalue weighted by Crippen LogP contribution is -1.99. The fourth-order valence-corrected chi connectivity index (χ4v) is 0.182. The predicted octanol–water partition coefficient (Wildman–Crippen LogP) is -1.14. The minimum Gasteiger partial charge on any atom is -0.353 e. The molecule has 6 heavy (non-hydrogen) atoms. The average Bonchev–Trinajstić information content (AvgIpc) is 1.86. The zero-order chi connectivity index (χ0) is 4.41. The summed E-state index contributed by atoms with van der Waals surface area (Å²) in [5.41, 5.74) is 0. The quantitative estimate of drug-likeness (QED) is 0.370. The highest BCUT2D eigenvalue weighted by Crippen LogP contribution is 1.58. The molecule has 3 nitrogen and oxygen atoms in total. The molecule has 0 unspecified atom stereocenters. The lowest BCUT2D eigenvalue weighted by Gasteiger charge is -1.63. The fourth-order valence-electron chi connectivity index (χ4n) is 0.182. The molecule has 0 saturated carbocycles. The van der Waals surface area contributed by atoms with E-state index in [1.807, 2.05) is 0 Å². The van der Waals surface area contributed by atoms with Crippen molar-refractivity contribution < 1.29 is 4.52 Å². The van der Waals surface area contributed by atoms with Gasteiger partial charge < -0.3 is 4.52 Å². The smallest absolute Gasteiger partial charge is 0.201 e. The van der Waals surface area contributed by atoms with Crippen molar-refractivity contribution in [2.24, 2.45) is 0 Å². The van der Waals surface area contributed by atoms with Crippen LogP contribution in [0.5, 0.6) is 0 Å². The first kappa shape index (κ1) is 3.40. The van der Waals surface area contributed by atoms with Crippen LogP contribution in [0.4, 0.5) is 0 Å². The van der Waals surface area contributed by atoms with Gasteiger partial charge in [-0.3, -0.25) is 0 Å².